The minimum Gasteiger partial charge on any atom is -0.492 e. The molecule has 1 fully saturated rings. The molecule has 1 aromatic rings. The average molecular weight is 289 g/mol. The Hall–Kier alpha value is -1.10. The summed E-state index contributed by atoms with van der Waals surface area (Å²) < 4.78 is 18.9. The molecule has 2 rings (SSSR count). The number of benzene rings is 1. The number of aliphatic carboxylic acids is 1. The zero-order valence-electron chi connectivity index (χ0n) is 8.59. The highest BCUT2D eigenvalue weighted by atomic mass is 79.9. The Morgan fingerprint density at radius 3 is 2.56 bits per heavy atom. The molecule has 0 unspecified atom stereocenters. The molecule has 86 valence electrons. The lowest BCUT2D eigenvalue weighted by molar-refractivity contribution is -0.140. The Bertz CT molecular complexity index is 432. The van der Waals surface area contributed by atoms with E-state index in [2.05, 4.69) is 15.9 Å². The van der Waals surface area contributed by atoms with Gasteiger partial charge in [0.2, 0.25) is 0 Å². The van der Waals surface area contributed by atoms with Gasteiger partial charge in [-0.25, -0.2) is 4.39 Å². The van der Waals surface area contributed by atoms with Gasteiger partial charge in [0.05, 0.1) is 17.0 Å². The molecule has 0 radical (unpaired) electrons. The molecule has 0 amide bonds. The van der Waals surface area contributed by atoms with Gasteiger partial charge in [0.1, 0.15) is 0 Å². The van der Waals surface area contributed by atoms with Crippen molar-refractivity contribution >= 4 is 21.9 Å². The first kappa shape index (κ1) is 11.4. The van der Waals surface area contributed by atoms with Crippen LogP contribution in [-0.2, 0) is 10.2 Å². The van der Waals surface area contributed by atoms with E-state index in [-0.39, 0.29) is 5.75 Å². The summed E-state index contributed by atoms with van der Waals surface area (Å²) in [5, 5.41) is 9.10. The number of hydrogen-bond donors (Lipinski definition) is 1. The number of hydrogen-bond acceptors (Lipinski definition) is 2. The third kappa shape index (κ3) is 1.59. The second-order valence-corrected chi connectivity index (χ2v) is 4.71. The summed E-state index contributed by atoms with van der Waals surface area (Å²) in [6.45, 7) is 0. The quantitative estimate of drug-likeness (QED) is 0.930. The van der Waals surface area contributed by atoms with E-state index in [4.69, 9.17) is 9.84 Å². The minimum atomic E-state index is -0.899. The number of carbonyl (C=O) groups is 1. The van der Waals surface area contributed by atoms with E-state index in [0.717, 1.165) is 0 Å². The molecule has 0 aliphatic heterocycles. The van der Waals surface area contributed by atoms with Crippen LogP contribution in [0.5, 0.6) is 5.75 Å². The molecule has 1 saturated carbocycles. The molecule has 1 aliphatic carbocycles. The Morgan fingerprint density at radius 2 is 2.19 bits per heavy atom. The number of rotatable bonds is 3. The predicted octanol–water partition coefficient (Wildman–Crippen LogP) is 2.71. The summed E-state index contributed by atoms with van der Waals surface area (Å²) >= 11 is 3.17. The number of halogens is 2. The molecule has 0 heterocycles. The fourth-order valence-corrected chi connectivity index (χ4v) is 2.38. The van der Waals surface area contributed by atoms with Gasteiger partial charge < -0.3 is 9.84 Å². The lowest BCUT2D eigenvalue weighted by Gasteiger charge is -2.13. The number of methoxy groups -OCH3 is 1. The van der Waals surface area contributed by atoms with Gasteiger partial charge in [-0.1, -0.05) is 0 Å². The van der Waals surface area contributed by atoms with Crippen molar-refractivity contribution in [2.45, 2.75) is 18.3 Å². The van der Waals surface area contributed by atoms with E-state index in [1.54, 1.807) is 6.07 Å². The molecular formula is C11H10BrFO3. The zero-order chi connectivity index (χ0) is 11.9. The van der Waals surface area contributed by atoms with Crippen LogP contribution in [0.2, 0.25) is 0 Å². The molecule has 0 bridgehead atoms. The number of ether oxygens (including phenoxy) is 1. The van der Waals surface area contributed by atoms with Crippen molar-refractivity contribution in [3.8, 4) is 5.75 Å². The number of carboxylic acids is 1. The molecule has 16 heavy (non-hydrogen) atoms. The maximum Gasteiger partial charge on any atom is 0.314 e. The molecule has 1 N–H and O–H groups in total. The van der Waals surface area contributed by atoms with Crippen LogP contribution in [-0.4, -0.2) is 18.2 Å². The first-order valence-corrected chi connectivity index (χ1v) is 5.57. The molecular weight excluding hydrogens is 279 g/mol. The molecule has 0 saturated heterocycles. The van der Waals surface area contributed by atoms with Crippen LogP contribution in [0.15, 0.2) is 16.6 Å². The maximum absolute atomic E-state index is 13.6. The lowest BCUT2D eigenvalue weighted by Crippen LogP contribution is -2.19. The van der Waals surface area contributed by atoms with E-state index in [9.17, 15) is 9.18 Å². The highest BCUT2D eigenvalue weighted by molar-refractivity contribution is 9.10. The van der Waals surface area contributed by atoms with Gasteiger partial charge >= 0.3 is 5.97 Å². The fraction of sp³-hybridized carbons (Fsp3) is 0.364. The third-order valence-corrected chi connectivity index (χ3v) is 3.50. The van der Waals surface area contributed by atoms with Crippen LogP contribution in [0.25, 0.3) is 0 Å². The van der Waals surface area contributed by atoms with Crippen molar-refractivity contribution in [3.63, 3.8) is 0 Å². The Kier molecular flexibility index (Phi) is 2.66. The summed E-state index contributed by atoms with van der Waals surface area (Å²) in [5.74, 6) is -1.34. The highest BCUT2D eigenvalue weighted by Crippen LogP contribution is 2.50. The highest BCUT2D eigenvalue weighted by Gasteiger charge is 2.52. The second kappa shape index (κ2) is 3.73. The van der Waals surface area contributed by atoms with E-state index in [0.29, 0.717) is 22.9 Å². The van der Waals surface area contributed by atoms with E-state index >= 15 is 0 Å². The standard InChI is InChI=1S/C11H10BrFO3/c1-16-9-7(12)4-6(5-8(9)13)11(2-3-11)10(14)15/h4-5H,2-3H2,1H3,(H,14,15). The van der Waals surface area contributed by atoms with Gasteiger partial charge in [-0.05, 0) is 46.5 Å². The smallest absolute Gasteiger partial charge is 0.314 e. The molecule has 3 nitrogen and oxygen atoms in total. The van der Waals surface area contributed by atoms with Crippen molar-refractivity contribution in [2.24, 2.45) is 0 Å². The third-order valence-electron chi connectivity index (χ3n) is 2.91. The van der Waals surface area contributed by atoms with Crippen molar-refractivity contribution in [3.05, 3.63) is 28.0 Å². The van der Waals surface area contributed by atoms with Crippen molar-refractivity contribution in [1.82, 2.24) is 0 Å². The SMILES string of the molecule is COc1c(F)cc(C2(C(=O)O)CC2)cc1Br. The van der Waals surface area contributed by atoms with Crippen LogP contribution in [0.1, 0.15) is 18.4 Å². The second-order valence-electron chi connectivity index (χ2n) is 3.86. The molecule has 1 aliphatic rings. The summed E-state index contributed by atoms with van der Waals surface area (Å²) in [6, 6.07) is 2.85. The molecule has 1 aromatic carbocycles. The van der Waals surface area contributed by atoms with Crippen LogP contribution < -0.4 is 4.74 Å². The number of carboxylic acid groups (broad SMARTS) is 1. The van der Waals surface area contributed by atoms with Gasteiger partial charge in [0.25, 0.3) is 0 Å². The van der Waals surface area contributed by atoms with Crippen LogP contribution in [0, 0.1) is 5.82 Å². The Balaban J connectivity index is 2.49. The van der Waals surface area contributed by atoms with E-state index in [1.165, 1.54) is 13.2 Å². The van der Waals surface area contributed by atoms with Crippen molar-refractivity contribution in [2.75, 3.05) is 7.11 Å². The summed E-state index contributed by atoms with van der Waals surface area (Å²) in [5.41, 5.74) is -0.402. The Morgan fingerprint density at radius 1 is 1.56 bits per heavy atom. The van der Waals surface area contributed by atoms with Crippen molar-refractivity contribution in [1.29, 1.82) is 0 Å². The van der Waals surface area contributed by atoms with Crippen LogP contribution in [0.4, 0.5) is 4.39 Å². The first-order valence-electron chi connectivity index (χ1n) is 4.78. The monoisotopic (exact) mass is 288 g/mol. The van der Waals surface area contributed by atoms with Crippen molar-refractivity contribution < 1.29 is 19.0 Å². The first-order chi connectivity index (χ1) is 7.51. The van der Waals surface area contributed by atoms with E-state index in [1.807, 2.05) is 0 Å². The molecule has 0 aromatic heterocycles. The summed E-state index contributed by atoms with van der Waals surface area (Å²) in [4.78, 5) is 11.1. The molecule has 0 spiro atoms. The van der Waals surface area contributed by atoms with Gasteiger partial charge in [0, 0.05) is 0 Å². The molecule has 5 heteroatoms. The van der Waals surface area contributed by atoms with Gasteiger partial charge in [-0.15, -0.1) is 0 Å². The van der Waals surface area contributed by atoms with Crippen LogP contribution in [0.3, 0.4) is 0 Å². The molecule has 0 atom stereocenters. The fourth-order valence-electron chi connectivity index (χ4n) is 1.78. The van der Waals surface area contributed by atoms with Crippen LogP contribution >= 0.6 is 15.9 Å². The Labute approximate surface area is 100 Å². The minimum absolute atomic E-state index is 0.102. The largest absolute Gasteiger partial charge is 0.492 e. The summed E-state index contributed by atoms with van der Waals surface area (Å²) in [7, 11) is 1.37. The van der Waals surface area contributed by atoms with E-state index < -0.39 is 17.2 Å². The lowest BCUT2D eigenvalue weighted by atomic mass is 9.96. The zero-order valence-corrected chi connectivity index (χ0v) is 10.2. The maximum atomic E-state index is 13.6. The normalized spacial score (nSPS) is 16.9. The van der Waals surface area contributed by atoms with Gasteiger partial charge in [-0.3, -0.25) is 4.79 Å². The van der Waals surface area contributed by atoms with Gasteiger partial charge in [-0.2, -0.15) is 0 Å². The topological polar surface area (TPSA) is 46.5 Å². The summed E-state index contributed by atoms with van der Waals surface area (Å²) in [6.07, 6.45) is 1.11. The van der Waals surface area contributed by atoms with Gasteiger partial charge in [0.15, 0.2) is 11.6 Å². The predicted molar refractivity (Wildman–Crippen MR) is 59.2 cm³/mol. The average Bonchev–Trinajstić information content (AvgIpc) is 2.97.